The number of hydrogen-bond donors (Lipinski definition) is 7. The largest absolute Gasteiger partial charge is 0.508 e. The third kappa shape index (κ3) is 3.70. The molecule has 0 saturated carbocycles. The fraction of sp³-hybridized carbons (Fsp3) is 0.381. The van der Waals surface area contributed by atoms with Gasteiger partial charge in [-0.3, -0.25) is 4.79 Å². The normalized spacial score (nSPS) is 32.2. The van der Waals surface area contributed by atoms with Crippen LogP contribution in [0.3, 0.4) is 0 Å². The predicted molar refractivity (Wildman–Crippen MR) is 104 cm³/mol. The summed E-state index contributed by atoms with van der Waals surface area (Å²) in [6.07, 6.45) is -10.0. The van der Waals surface area contributed by atoms with Crippen molar-refractivity contribution in [2.24, 2.45) is 0 Å². The van der Waals surface area contributed by atoms with Gasteiger partial charge in [-0.05, 0) is 24.6 Å². The molecule has 0 radical (unpaired) electrons. The van der Waals surface area contributed by atoms with Gasteiger partial charge in [0.2, 0.25) is 5.78 Å². The summed E-state index contributed by atoms with van der Waals surface area (Å²) in [6, 6.07) is 5.72. The molecule has 0 aromatic heterocycles. The number of carbonyl (C=O) groups is 1. The van der Waals surface area contributed by atoms with Crippen LogP contribution in [0.2, 0.25) is 0 Å². The summed E-state index contributed by atoms with van der Waals surface area (Å²) in [4.78, 5) is 13.3. The summed E-state index contributed by atoms with van der Waals surface area (Å²) in [5.74, 6) is -2.79. The van der Waals surface area contributed by atoms with E-state index in [4.69, 9.17) is 14.2 Å². The number of rotatable bonds is 3. The number of phenols is 4. The zero-order valence-electron chi connectivity index (χ0n) is 16.7. The van der Waals surface area contributed by atoms with E-state index in [0.717, 1.165) is 18.2 Å². The maximum atomic E-state index is 13.3. The standard InChI is InChI=1S/C21H22O11/c1-7-15(26)17(28)18(29)21(30-7)32-20-16(27)14-12(25)5-9(22)6-13(14)31-19(20)8-2-3-10(23)11(24)4-8/h2-7,15,17-26,28-29H,1H3/t7-,15+,17-,18-,19+,20+,21+/m1/s1. The van der Waals surface area contributed by atoms with E-state index in [9.17, 15) is 40.5 Å². The second-order valence-electron chi connectivity index (χ2n) is 7.73. The Balaban J connectivity index is 1.75. The number of Topliss-reactive ketones (excluding diaryl/α,β-unsaturated/α-hetero) is 1. The van der Waals surface area contributed by atoms with Crippen molar-refractivity contribution in [3.8, 4) is 28.7 Å². The quantitative estimate of drug-likeness (QED) is 0.313. The fourth-order valence-corrected chi connectivity index (χ4v) is 3.77. The van der Waals surface area contributed by atoms with Crippen molar-refractivity contribution in [2.45, 2.75) is 49.8 Å². The Morgan fingerprint density at radius 2 is 1.59 bits per heavy atom. The van der Waals surface area contributed by atoms with Crippen LogP contribution >= 0.6 is 0 Å². The topological polar surface area (TPSA) is 186 Å². The first-order valence-electron chi connectivity index (χ1n) is 9.72. The number of aliphatic hydroxyl groups is 3. The van der Waals surface area contributed by atoms with Crippen molar-refractivity contribution < 1.29 is 54.8 Å². The molecular weight excluding hydrogens is 428 g/mol. The molecule has 7 atom stereocenters. The Morgan fingerprint density at radius 1 is 0.875 bits per heavy atom. The average molecular weight is 450 g/mol. The summed E-state index contributed by atoms with van der Waals surface area (Å²) >= 11 is 0. The number of carbonyl (C=O) groups excluding carboxylic acids is 1. The molecular formula is C21H22O11. The molecule has 7 N–H and O–H groups in total. The van der Waals surface area contributed by atoms with Crippen LogP contribution in [0.5, 0.6) is 28.7 Å². The number of fused-ring (bicyclic) bond motifs is 1. The highest BCUT2D eigenvalue weighted by Gasteiger charge is 2.48. The number of aliphatic hydroxyl groups excluding tert-OH is 3. The molecule has 32 heavy (non-hydrogen) atoms. The van der Waals surface area contributed by atoms with Crippen molar-refractivity contribution in [3.63, 3.8) is 0 Å². The predicted octanol–water partition coefficient (Wildman–Crippen LogP) is 0.0381. The van der Waals surface area contributed by atoms with E-state index >= 15 is 0 Å². The van der Waals surface area contributed by atoms with Gasteiger partial charge in [-0.15, -0.1) is 0 Å². The lowest BCUT2D eigenvalue weighted by Gasteiger charge is -2.42. The molecule has 4 rings (SSSR count). The zero-order chi connectivity index (χ0) is 23.3. The zero-order valence-corrected chi connectivity index (χ0v) is 16.7. The molecule has 0 spiro atoms. The molecule has 0 aliphatic carbocycles. The van der Waals surface area contributed by atoms with Crippen LogP contribution in [-0.4, -0.2) is 78.3 Å². The molecule has 11 heteroatoms. The van der Waals surface area contributed by atoms with Crippen LogP contribution < -0.4 is 4.74 Å². The first-order chi connectivity index (χ1) is 15.1. The number of aromatic hydroxyl groups is 4. The Hall–Kier alpha value is -3.09. The molecule has 2 heterocycles. The monoisotopic (exact) mass is 450 g/mol. The van der Waals surface area contributed by atoms with Crippen molar-refractivity contribution in [1.82, 2.24) is 0 Å². The minimum atomic E-state index is -1.71. The molecule has 1 saturated heterocycles. The SMILES string of the molecule is C[C@H]1O[C@@H](O[C@H]2C(=O)c3c(O)cc(O)cc3O[C@H]2c2ccc(O)c(O)c2)[C@H](O)[C@H](O)[C@H]1O. The van der Waals surface area contributed by atoms with Crippen LogP contribution in [0.4, 0.5) is 0 Å². The lowest BCUT2D eigenvalue weighted by molar-refractivity contribution is -0.304. The molecule has 2 aromatic carbocycles. The van der Waals surface area contributed by atoms with Gasteiger partial charge in [0.05, 0.1) is 6.10 Å². The smallest absolute Gasteiger partial charge is 0.203 e. The molecule has 0 bridgehead atoms. The van der Waals surface area contributed by atoms with Crippen LogP contribution in [0.25, 0.3) is 0 Å². The Labute approximate surface area is 181 Å². The minimum Gasteiger partial charge on any atom is -0.508 e. The average Bonchev–Trinajstić information content (AvgIpc) is 2.73. The van der Waals surface area contributed by atoms with E-state index in [1.165, 1.54) is 19.1 Å². The number of benzene rings is 2. The Bertz CT molecular complexity index is 1040. The summed E-state index contributed by atoms with van der Waals surface area (Å²) in [7, 11) is 0. The number of phenolic OH excluding ortho intramolecular Hbond substituents is 4. The van der Waals surface area contributed by atoms with Crippen molar-refractivity contribution >= 4 is 5.78 Å². The second kappa shape index (κ2) is 8.11. The minimum absolute atomic E-state index is 0.154. The maximum Gasteiger partial charge on any atom is 0.203 e. The molecule has 2 aliphatic heterocycles. The van der Waals surface area contributed by atoms with Crippen LogP contribution in [0.1, 0.15) is 28.9 Å². The first-order valence-corrected chi connectivity index (χ1v) is 9.72. The van der Waals surface area contributed by atoms with Gasteiger partial charge in [0.1, 0.15) is 41.1 Å². The lowest BCUT2D eigenvalue weighted by atomic mass is 9.92. The molecule has 2 aromatic rings. The Kier molecular flexibility index (Phi) is 5.61. The van der Waals surface area contributed by atoms with E-state index in [0.29, 0.717) is 0 Å². The van der Waals surface area contributed by atoms with Gasteiger partial charge in [0.25, 0.3) is 0 Å². The van der Waals surface area contributed by atoms with Gasteiger partial charge in [-0.1, -0.05) is 6.07 Å². The number of ketones is 1. The molecule has 0 amide bonds. The molecule has 2 aliphatic rings. The van der Waals surface area contributed by atoms with Gasteiger partial charge >= 0.3 is 0 Å². The number of ether oxygens (including phenoxy) is 3. The summed E-state index contributed by atoms with van der Waals surface area (Å²) < 4.78 is 16.9. The van der Waals surface area contributed by atoms with E-state index in [1.807, 2.05) is 0 Å². The summed E-state index contributed by atoms with van der Waals surface area (Å²) in [5, 5.41) is 69.7. The third-order valence-electron chi connectivity index (χ3n) is 5.52. The molecule has 11 nitrogen and oxygen atoms in total. The van der Waals surface area contributed by atoms with Crippen molar-refractivity contribution in [3.05, 3.63) is 41.5 Å². The van der Waals surface area contributed by atoms with E-state index in [1.54, 1.807) is 0 Å². The highest BCUT2D eigenvalue weighted by Crippen LogP contribution is 2.44. The van der Waals surface area contributed by atoms with E-state index < -0.39 is 65.9 Å². The third-order valence-corrected chi connectivity index (χ3v) is 5.52. The van der Waals surface area contributed by atoms with Crippen LogP contribution in [-0.2, 0) is 9.47 Å². The van der Waals surface area contributed by atoms with Crippen molar-refractivity contribution in [1.29, 1.82) is 0 Å². The van der Waals surface area contributed by atoms with E-state index in [2.05, 4.69) is 0 Å². The second-order valence-corrected chi connectivity index (χ2v) is 7.73. The van der Waals surface area contributed by atoms with Crippen LogP contribution in [0.15, 0.2) is 30.3 Å². The van der Waals surface area contributed by atoms with Gasteiger partial charge in [0.15, 0.2) is 30.0 Å². The molecule has 1 fully saturated rings. The highest BCUT2D eigenvalue weighted by molar-refractivity contribution is 6.05. The number of hydrogen-bond acceptors (Lipinski definition) is 11. The van der Waals surface area contributed by atoms with Gasteiger partial charge in [0, 0.05) is 12.1 Å². The maximum absolute atomic E-state index is 13.3. The summed E-state index contributed by atoms with van der Waals surface area (Å²) in [6.45, 7) is 1.44. The van der Waals surface area contributed by atoms with Gasteiger partial charge in [-0.25, -0.2) is 0 Å². The van der Waals surface area contributed by atoms with Crippen LogP contribution in [0, 0.1) is 0 Å². The highest BCUT2D eigenvalue weighted by atomic mass is 16.7. The molecule has 172 valence electrons. The summed E-state index contributed by atoms with van der Waals surface area (Å²) in [5.41, 5.74) is -0.1000. The van der Waals surface area contributed by atoms with Gasteiger partial charge in [-0.2, -0.15) is 0 Å². The first kappa shape index (κ1) is 22.1. The lowest BCUT2D eigenvalue weighted by Crippen LogP contribution is -2.59. The Morgan fingerprint density at radius 3 is 2.28 bits per heavy atom. The van der Waals surface area contributed by atoms with Crippen molar-refractivity contribution in [2.75, 3.05) is 0 Å². The molecule has 0 unspecified atom stereocenters. The van der Waals surface area contributed by atoms with Gasteiger partial charge < -0.3 is 50.0 Å². The van der Waals surface area contributed by atoms with E-state index in [-0.39, 0.29) is 22.6 Å². The fourth-order valence-electron chi connectivity index (χ4n) is 3.77.